The summed E-state index contributed by atoms with van der Waals surface area (Å²) in [6, 6.07) is 4.72. The van der Waals surface area contributed by atoms with Crippen LogP contribution in [0.5, 0.6) is 0 Å². The molecule has 0 aliphatic carbocycles. The highest BCUT2D eigenvalue weighted by Gasteiger charge is 2.62. The van der Waals surface area contributed by atoms with Gasteiger partial charge in [0.1, 0.15) is 4.83 Å². The van der Waals surface area contributed by atoms with E-state index in [2.05, 4.69) is 15.9 Å². The van der Waals surface area contributed by atoms with Crippen LogP contribution in [0.4, 0.5) is 22.0 Å². The van der Waals surface area contributed by atoms with Gasteiger partial charge in [-0.3, -0.25) is 0 Å². The molecule has 0 radical (unpaired) electrons. The monoisotopic (exact) mass is 322 g/mol. The quantitative estimate of drug-likeness (QED) is 0.532. The lowest BCUT2D eigenvalue weighted by Crippen LogP contribution is -2.39. The summed E-state index contributed by atoms with van der Waals surface area (Å²) >= 11 is 7.85. The van der Waals surface area contributed by atoms with Crippen LogP contribution >= 0.6 is 27.5 Å². The SMILES string of the molecule is FC(F)(F)C(F)(F)C(Br)c1ccc(Cl)cc1. The minimum Gasteiger partial charge on any atom is -0.195 e. The second-order valence-electron chi connectivity index (χ2n) is 3.03. The maximum absolute atomic E-state index is 12.9. The van der Waals surface area contributed by atoms with Gasteiger partial charge < -0.3 is 0 Å². The fourth-order valence-electron chi connectivity index (χ4n) is 0.985. The van der Waals surface area contributed by atoms with Crippen molar-refractivity contribution in [1.82, 2.24) is 0 Å². The number of hydrogen-bond acceptors (Lipinski definition) is 0. The van der Waals surface area contributed by atoms with E-state index in [0.29, 0.717) is 0 Å². The smallest absolute Gasteiger partial charge is 0.195 e. The third-order valence-corrected chi connectivity index (χ3v) is 3.21. The zero-order valence-corrected chi connectivity index (χ0v) is 9.87. The van der Waals surface area contributed by atoms with Gasteiger partial charge in [-0.15, -0.1) is 0 Å². The molecule has 90 valence electrons. The van der Waals surface area contributed by atoms with Crippen molar-refractivity contribution in [2.75, 3.05) is 0 Å². The minimum atomic E-state index is -5.60. The van der Waals surface area contributed by atoms with Gasteiger partial charge in [0.15, 0.2) is 0 Å². The van der Waals surface area contributed by atoms with Crippen LogP contribution in [0, 0.1) is 0 Å². The Hall–Kier alpha value is -0.360. The van der Waals surface area contributed by atoms with E-state index < -0.39 is 16.9 Å². The second kappa shape index (κ2) is 4.49. The standard InChI is InChI=1S/C9H5BrClF5/c10-7(8(12,13)9(14,15)16)5-1-3-6(11)4-2-5/h1-4,7H. The van der Waals surface area contributed by atoms with Gasteiger partial charge in [-0.25, -0.2) is 0 Å². The highest BCUT2D eigenvalue weighted by atomic mass is 79.9. The van der Waals surface area contributed by atoms with Gasteiger partial charge in [-0.2, -0.15) is 22.0 Å². The largest absolute Gasteiger partial charge is 0.454 e. The van der Waals surface area contributed by atoms with Crippen LogP contribution in [-0.4, -0.2) is 12.1 Å². The lowest BCUT2D eigenvalue weighted by atomic mass is 10.1. The van der Waals surface area contributed by atoms with Crippen LogP contribution in [0.1, 0.15) is 10.4 Å². The Morgan fingerprint density at radius 3 is 1.81 bits per heavy atom. The summed E-state index contributed by atoms with van der Waals surface area (Å²) in [5, 5.41) is 0.263. The third-order valence-electron chi connectivity index (χ3n) is 1.86. The molecular formula is C9H5BrClF5. The van der Waals surface area contributed by atoms with E-state index in [1.54, 1.807) is 0 Å². The lowest BCUT2D eigenvalue weighted by Gasteiger charge is -2.24. The molecule has 0 N–H and O–H groups in total. The van der Waals surface area contributed by atoms with E-state index in [0.717, 1.165) is 12.1 Å². The molecule has 0 aliphatic heterocycles. The summed E-state index contributed by atoms with van der Waals surface area (Å²) in [5.41, 5.74) is -0.188. The molecule has 0 saturated carbocycles. The Balaban J connectivity index is 3.02. The second-order valence-corrected chi connectivity index (χ2v) is 4.39. The fraction of sp³-hybridized carbons (Fsp3) is 0.333. The molecule has 0 fully saturated rings. The summed E-state index contributed by atoms with van der Waals surface area (Å²) in [4.78, 5) is -2.13. The molecule has 1 atom stereocenters. The Morgan fingerprint density at radius 2 is 1.44 bits per heavy atom. The molecule has 0 bridgehead atoms. The van der Waals surface area contributed by atoms with E-state index in [-0.39, 0.29) is 10.6 Å². The van der Waals surface area contributed by atoms with Gasteiger partial charge in [-0.1, -0.05) is 39.7 Å². The van der Waals surface area contributed by atoms with Crippen molar-refractivity contribution in [1.29, 1.82) is 0 Å². The zero-order chi connectivity index (χ0) is 12.6. The summed E-state index contributed by atoms with van der Waals surface area (Å²) in [5.74, 6) is -4.83. The van der Waals surface area contributed by atoms with Crippen molar-refractivity contribution in [2.24, 2.45) is 0 Å². The summed E-state index contributed by atoms with van der Waals surface area (Å²) < 4.78 is 61.9. The zero-order valence-electron chi connectivity index (χ0n) is 7.53. The topological polar surface area (TPSA) is 0 Å². The molecule has 0 aliphatic rings. The first-order chi connectivity index (χ1) is 7.16. The first-order valence-electron chi connectivity index (χ1n) is 4.00. The molecule has 1 unspecified atom stereocenters. The van der Waals surface area contributed by atoms with E-state index in [1.165, 1.54) is 12.1 Å². The van der Waals surface area contributed by atoms with Crippen molar-refractivity contribution >= 4 is 27.5 Å². The predicted molar refractivity (Wildman–Crippen MR) is 54.1 cm³/mol. The number of hydrogen-bond donors (Lipinski definition) is 0. The molecule has 0 aromatic heterocycles. The Labute approximate surface area is 102 Å². The number of alkyl halides is 6. The Kier molecular flexibility index (Phi) is 3.84. The van der Waals surface area contributed by atoms with E-state index >= 15 is 0 Å². The van der Waals surface area contributed by atoms with Gasteiger partial charge >= 0.3 is 12.1 Å². The van der Waals surface area contributed by atoms with Crippen molar-refractivity contribution in [2.45, 2.75) is 16.9 Å². The average molecular weight is 323 g/mol. The van der Waals surface area contributed by atoms with Crippen LogP contribution in [0.2, 0.25) is 5.02 Å². The predicted octanol–water partition coefficient (Wildman–Crippen LogP) is 4.97. The summed E-state index contributed by atoms with van der Waals surface area (Å²) in [6.07, 6.45) is -5.60. The first kappa shape index (κ1) is 13.7. The molecule has 1 rings (SSSR count). The number of halogens is 7. The van der Waals surface area contributed by atoms with E-state index in [4.69, 9.17) is 11.6 Å². The van der Waals surface area contributed by atoms with Crippen molar-refractivity contribution in [3.05, 3.63) is 34.9 Å². The van der Waals surface area contributed by atoms with E-state index in [9.17, 15) is 22.0 Å². The normalized spacial score (nSPS) is 14.9. The van der Waals surface area contributed by atoms with Crippen LogP contribution < -0.4 is 0 Å². The number of benzene rings is 1. The van der Waals surface area contributed by atoms with Crippen molar-refractivity contribution < 1.29 is 22.0 Å². The molecule has 0 heterocycles. The summed E-state index contributed by atoms with van der Waals surface area (Å²) in [7, 11) is 0. The molecule has 1 aromatic rings. The maximum atomic E-state index is 12.9. The molecular weight excluding hydrogens is 318 g/mol. The minimum absolute atomic E-state index is 0.188. The van der Waals surface area contributed by atoms with Gasteiger partial charge in [0, 0.05) is 5.02 Å². The molecule has 1 aromatic carbocycles. The van der Waals surface area contributed by atoms with Gasteiger partial charge in [0.05, 0.1) is 0 Å². The van der Waals surface area contributed by atoms with Gasteiger partial charge in [0.2, 0.25) is 0 Å². The molecule has 0 saturated heterocycles. The first-order valence-corrected chi connectivity index (χ1v) is 5.29. The molecule has 7 heteroatoms. The molecule has 0 spiro atoms. The van der Waals surface area contributed by atoms with Crippen molar-refractivity contribution in [3.63, 3.8) is 0 Å². The van der Waals surface area contributed by atoms with Crippen LogP contribution in [0.15, 0.2) is 24.3 Å². The molecule has 0 nitrogen and oxygen atoms in total. The highest BCUT2D eigenvalue weighted by Crippen LogP contribution is 2.48. The Morgan fingerprint density at radius 1 is 1.00 bits per heavy atom. The van der Waals surface area contributed by atoms with Crippen molar-refractivity contribution in [3.8, 4) is 0 Å². The molecule has 0 amide bonds. The Bertz CT molecular complexity index is 359. The lowest BCUT2D eigenvalue weighted by molar-refractivity contribution is -0.281. The van der Waals surface area contributed by atoms with Crippen LogP contribution in [0.25, 0.3) is 0 Å². The van der Waals surface area contributed by atoms with Crippen LogP contribution in [-0.2, 0) is 0 Å². The molecule has 16 heavy (non-hydrogen) atoms. The van der Waals surface area contributed by atoms with Gasteiger partial charge in [0.25, 0.3) is 0 Å². The van der Waals surface area contributed by atoms with E-state index in [1.807, 2.05) is 0 Å². The fourth-order valence-corrected chi connectivity index (χ4v) is 1.68. The number of rotatable bonds is 2. The third kappa shape index (κ3) is 2.66. The summed E-state index contributed by atoms with van der Waals surface area (Å²) in [6.45, 7) is 0. The highest BCUT2D eigenvalue weighted by molar-refractivity contribution is 9.09. The van der Waals surface area contributed by atoms with Crippen LogP contribution in [0.3, 0.4) is 0 Å². The average Bonchev–Trinajstić information content (AvgIpc) is 2.16. The van der Waals surface area contributed by atoms with Gasteiger partial charge in [-0.05, 0) is 17.7 Å². The maximum Gasteiger partial charge on any atom is 0.454 e.